The number of anilines is 2. The highest BCUT2D eigenvalue weighted by atomic mass is 35.5. The monoisotopic (exact) mass is 612 g/mol. The van der Waals surface area contributed by atoms with E-state index in [1.807, 2.05) is 35.9 Å². The predicted molar refractivity (Wildman–Crippen MR) is 160 cm³/mol. The Hall–Kier alpha value is -3.80. The summed E-state index contributed by atoms with van der Waals surface area (Å²) in [5.74, 6) is -2.21. The smallest absolute Gasteiger partial charge is 0.303 e. The lowest BCUT2D eigenvalue weighted by atomic mass is 10.1. The van der Waals surface area contributed by atoms with Crippen LogP contribution >= 0.6 is 22.9 Å². The quantitative estimate of drug-likeness (QED) is 0.217. The number of carboxylic acids is 1. The number of halogens is 2. The number of para-hydroxylation sites is 1. The number of ketones is 1. The zero-order chi connectivity index (χ0) is 29.8. The Morgan fingerprint density at radius 1 is 1.26 bits per heavy atom. The molecule has 220 valence electrons. The Morgan fingerprint density at radius 2 is 2.07 bits per heavy atom. The van der Waals surface area contributed by atoms with E-state index < -0.39 is 17.7 Å². The average Bonchev–Trinajstić information content (AvgIpc) is 3.69. The topological polar surface area (TPSA) is 114 Å². The number of carboxylic acid groups (broad SMARTS) is 1. The maximum Gasteiger partial charge on any atom is 0.303 e. The number of benzene rings is 2. The molecule has 1 fully saturated rings. The fourth-order valence-corrected chi connectivity index (χ4v) is 6.38. The van der Waals surface area contributed by atoms with Crippen LogP contribution in [0.2, 0.25) is 5.02 Å². The molecule has 5 rings (SSSR count). The molecule has 1 saturated heterocycles. The van der Waals surface area contributed by atoms with Crippen molar-refractivity contribution in [3.63, 3.8) is 0 Å². The van der Waals surface area contributed by atoms with Crippen LogP contribution in [0.25, 0.3) is 10.9 Å². The molecule has 0 spiro atoms. The number of aryl methyl sites for hydroxylation is 2. The van der Waals surface area contributed by atoms with Gasteiger partial charge in [0, 0.05) is 48.2 Å². The van der Waals surface area contributed by atoms with Gasteiger partial charge in [-0.05, 0) is 43.0 Å². The Balaban J connectivity index is 1.14. The fraction of sp³-hybridized carbons (Fsp3) is 0.333. The maximum absolute atomic E-state index is 15.0. The Morgan fingerprint density at radius 3 is 2.88 bits per heavy atom. The Bertz CT molecular complexity index is 1640. The number of fused-ring (bicyclic) bond motifs is 1. The van der Waals surface area contributed by atoms with Gasteiger partial charge in [-0.1, -0.05) is 29.8 Å². The van der Waals surface area contributed by atoms with Gasteiger partial charge in [0.1, 0.15) is 12.4 Å². The summed E-state index contributed by atoms with van der Waals surface area (Å²) in [6.45, 7) is 0.946. The third-order valence-electron chi connectivity index (χ3n) is 7.24. The van der Waals surface area contributed by atoms with Crippen molar-refractivity contribution >= 4 is 62.3 Å². The molecule has 1 aliphatic heterocycles. The first-order chi connectivity index (χ1) is 20.2. The van der Waals surface area contributed by atoms with E-state index in [1.54, 1.807) is 12.4 Å². The lowest BCUT2D eigenvalue weighted by Gasteiger charge is -2.23. The van der Waals surface area contributed by atoms with Crippen molar-refractivity contribution in [2.75, 3.05) is 30.0 Å². The van der Waals surface area contributed by atoms with Crippen molar-refractivity contribution in [3.05, 3.63) is 75.6 Å². The Kier molecular flexibility index (Phi) is 9.20. The molecule has 1 amide bonds. The van der Waals surface area contributed by atoms with Crippen LogP contribution < -0.4 is 10.2 Å². The summed E-state index contributed by atoms with van der Waals surface area (Å²) in [4.78, 5) is 43.9. The number of rotatable bonds is 12. The summed E-state index contributed by atoms with van der Waals surface area (Å²) < 4.78 is 22.5. The number of carbonyl (C=O) groups excluding carboxylic acids is 2. The third kappa shape index (κ3) is 6.80. The molecule has 2 aromatic carbocycles. The molecule has 1 atom stereocenters. The lowest BCUT2D eigenvalue weighted by Crippen LogP contribution is -2.33. The van der Waals surface area contributed by atoms with E-state index in [0.29, 0.717) is 18.6 Å². The van der Waals surface area contributed by atoms with Crippen LogP contribution in [0.4, 0.5) is 15.2 Å². The number of amides is 1. The number of nitrogens with one attached hydrogen (secondary N) is 1. The van der Waals surface area contributed by atoms with Gasteiger partial charge in [0.05, 0.1) is 35.3 Å². The molecule has 0 radical (unpaired) electrons. The normalized spacial score (nSPS) is 14.9. The highest BCUT2D eigenvalue weighted by Gasteiger charge is 2.27. The van der Waals surface area contributed by atoms with Gasteiger partial charge >= 0.3 is 5.97 Å². The molecule has 1 aliphatic rings. The Labute approximate surface area is 250 Å². The number of aromatic nitrogens is 2. The first-order valence-corrected chi connectivity index (χ1v) is 14.7. The van der Waals surface area contributed by atoms with Gasteiger partial charge in [0.15, 0.2) is 10.9 Å². The van der Waals surface area contributed by atoms with Crippen molar-refractivity contribution < 1.29 is 28.6 Å². The second-order valence-electron chi connectivity index (χ2n) is 10.3. The van der Waals surface area contributed by atoms with E-state index in [-0.39, 0.29) is 47.5 Å². The first-order valence-electron chi connectivity index (χ1n) is 13.6. The lowest BCUT2D eigenvalue weighted by molar-refractivity contribution is -0.137. The molecular formula is C30H30ClFN4O5S. The maximum atomic E-state index is 15.0. The van der Waals surface area contributed by atoms with Gasteiger partial charge in [0.2, 0.25) is 0 Å². The van der Waals surface area contributed by atoms with Crippen molar-refractivity contribution in [3.8, 4) is 0 Å². The van der Waals surface area contributed by atoms with Crippen LogP contribution in [-0.2, 0) is 34.2 Å². The molecule has 4 aromatic rings. The van der Waals surface area contributed by atoms with E-state index in [9.17, 15) is 18.8 Å². The van der Waals surface area contributed by atoms with E-state index >= 15 is 0 Å². The fourth-order valence-electron chi connectivity index (χ4n) is 5.14. The highest BCUT2D eigenvalue weighted by molar-refractivity contribution is 7.15. The third-order valence-corrected chi connectivity index (χ3v) is 8.64. The molecule has 0 aliphatic carbocycles. The van der Waals surface area contributed by atoms with Crippen molar-refractivity contribution in [1.29, 1.82) is 0 Å². The molecule has 0 saturated carbocycles. The number of ether oxygens (including phenoxy) is 1. The number of carbonyl (C=O) groups is 3. The molecule has 42 heavy (non-hydrogen) atoms. The van der Waals surface area contributed by atoms with Gasteiger partial charge in [-0.25, -0.2) is 9.37 Å². The SMILES string of the molecule is Cn1cc(C(=O)Nc2cc(F)c(CC(=O)COC[C@@H]3CCCN3c3ncc(CCC(=O)O)s3)cc2Cl)c2ccccc21. The zero-order valence-electron chi connectivity index (χ0n) is 22.9. The molecule has 12 heteroatoms. The summed E-state index contributed by atoms with van der Waals surface area (Å²) in [5, 5.41) is 13.3. The van der Waals surface area contributed by atoms with Crippen LogP contribution in [0.1, 0.15) is 40.1 Å². The van der Waals surface area contributed by atoms with Crippen molar-refractivity contribution in [2.24, 2.45) is 7.05 Å². The van der Waals surface area contributed by atoms with Crippen LogP contribution in [0.15, 0.2) is 48.8 Å². The van der Waals surface area contributed by atoms with Crippen LogP contribution in [0.3, 0.4) is 0 Å². The van der Waals surface area contributed by atoms with Crippen LogP contribution in [-0.4, -0.2) is 58.1 Å². The van der Waals surface area contributed by atoms with Gasteiger partial charge in [-0.3, -0.25) is 14.4 Å². The van der Waals surface area contributed by atoms with Gasteiger partial charge in [0.25, 0.3) is 5.91 Å². The molecule has 0 unspecified atom stereocenters. The largest absolute Gasteiger partial charge is 0.481 e. The summed E-state index contributed by atoms with van der Waals surface area (Å²) >= 11 is 7.85. The zero-order valence-corrected chi connectivity index (χ0v) is 24.5. The van der Waals surface area contributed by atoms with Gasteiger partial charge < -0.3 is 24.6 Å². The summed E-state index contributed by atoms with van der Waals surface area (Å²) in [5.41, 5.74) is 1.57. The van der Waals surface area contributed by atoms with Gasteiger partial charge in [-0.2, -0.15) is 0 Å². The minimum atomic E-state index is -0.844. The predicted octanol–water partition coefficient (Wildman–Crippen LogP) is 5.49. The summed E-state index contributed by atoms with van der Waals surface area (Å²) in [7, 11) is 1.84. The summed E-state index contributed by atoms with van der Waals surface area (Å²) in [6, 6.07) is 10.0. The molecule has 9 nitrogen and oxygen atoms in total. The second kappa shape index (κ2) is 13.0. The highest BCUT2D eigenvalue weighted by Crippen LogP contribution is 2.31. The standard InChI is InChI=1S/C30H30ClFN4O5S/c1-35-15-23(22-6-2-3-7-27(22)35)29(40)34-26-13-25(32)18(12-24(26)31)11-20(37)17-41-16-19-5-4-10-36(19)30-33-14-21(42-30)8-9-28(38)39/h2-3,6-7,12-15,19H,4-5,8-11,16-17H2,1H3,(H,34,40)(H,38,39)/t19-/m0/s1. The van der Waals surface area contributed by atoms with E-state index in [1.165, 1.54) is 17.4 Å². The molecule has 2 aromatic heterocycles. The molecule has 2 N–H and O–H groups in total. The summed E-state index contributed by atoms with van der Waals surface area (Å²) in [6.07, 6.45) is 5.56. The van der Waals surface area contributed by atoms with Gasteiger partial charge in [-0.15, -0.1) is 11.3 Å². The number of thiazole rings is 1. The van der Waals surface area contributed by atoms with Crippen molar-refractivity contribution in [1.82, 2.24) is 9.55 Å². The minimum absolute atomic E-state index is 0.0482. The number of Topliss-reactive ketones (excluding diaryl/α,β-unsaturated/α-hetero) is 1. The minimum Gasteiger partial charge on any atom is -0.481 e. The van der Waals surface area contributed by atoms with E-state index in [2.05, 4.69) is 15.2 Å². The number of hydrogen-bond acceptors (Lipinski definition) is 7. The second-order valence-corrected chi connectivity index (χ2v) is 11.8. The van der Waals surface area contributed by atoms with E-state index in [4.69, 9.17) is 21.4 Å². The number of nitrogens with zero attached hydrogens (tertiary/aromatic N) is 3. The molecule has 3 heterocycles. The van der Waals surface area contributed by atoms with E-state index in [0.717, 1.165) is 46.4 Å². The molecule has 0 bridgehead atoms. The van der Waals surface area contributed by atoms with Crippen molar-refractivity contribution in [2.45, 2.75) is 38.1 Å². The average molecular weight is 613 g/mol. The van der Waals surface area contributed by atoms with Crippen LogP contribution in [0, 0.1) is 5.82 Å². The number of aliphatic carboxylic acids is 1. The number of hydrogen-bond donors (Lipinski definition) is 2. The van der Waals surface area contributed by atoms with Crippen LogP contribution in [0.5, 0.6) is 0 Å². The first kappa shape index (κ1) is 29.7. The molecular weight excluding hydrogens is 583 g/mol.